The number of fused-ring (bicyclic) bond motifs is 1. The number of amides is 1. The van der Waals surface area contributed by atoms with Gasteiger partial charge in [-0.1, -0.05) is 47.2 Å². The van der Waals surface area contributed by atoms with Crippen molar-refractivity contribution in [1.29, 1.82) is 0 Å². The molecule has 0 bridgehead atoms. The van der Waals surface area contributed by atoms with Crippen molar-refractivity contribution in [2.24, 2.45) is 0 Å². The van der Waals surface area contributed by atoms with Crippen molar-refractivity contribution in [3.63, 3.8) is 0 Å². The zero-order valence-electron chi connectivity index (χ0n) is 16.3. The molecule has 0 saturated carbocycles. The third-order valence-electron chi connectivity index (χ3n) is 5.15. The van der Waals surface area contributed by atoms with E-state index in [9.17, 15) is 9.59 Å². The summed E-state index contributed by atoms with van der Waals surface area (Å²) in [5, 5.41) is 7.13. The fraction of sp³-hybridized carbons (Fsp3) is 0.238. The number of hydrogen-bond donors (Lipinski definition) is 0. The standard InChI is InChI=1S/C21H19N5O2S2/c1-14-4-6-15(7-5-14)19-23-26-18(27)13-17(22-21(26)30-19)24-8-10-25(11-9-24)20(28)16-3-2-12-29-16/h2-7,12-13H,8-11H2,1H3. The van der Waals surface area contributed by atoms with Crippen molar-refractivity contribution in [3.05, 3.63) is 68.6 Å². The minimum atomic E-state index is -0.193. The van der Waals surface area contributed by atoms with Crippen molar-refractivity contribution in [2.75, 3.05) is 31.1 Å². The Morgan fingerprint density at radius 1 is 1.07 bits per heavy atom. The van der Waals surface area contributed by atoms with E-state index >= 15 is 0 Å². The highest BCUT2D eigenvalue weighted by Crippen LogP contribution is 2.26. The van der Waals surface area contributed by atoms with Gasteiger partial charge in [-0.25, -0.2) is 4.98 Å². The summed E-state index contributed by atoms with van der Waals surface area (Å²) in [7, 11) is 0. The Hall–Kier alpha value is -3.04. The van der Waals surface area contributed by atoms with Crippen molar-refractivity contribution in [3.8, 4) is 10.6 Å². The molecule has 152 valence electrons. The molecule has 30 heavy (non-hydrogen) atoms. The highest BCUT2D eigenvalue weighted by molar-refractivity contribution is 7.19. The Morgan fingerprint density at radius 2 is 1.83 bits per heavy atom. The van der Waals surface area contributed by atoms with Gasteiger partial charge >= 0.3 is 0 Å². The molecule has 1 aliphatic heterocycles. The van der Waals surface area contributed by atoms with Crippen LogP contribution in [0.2, 0.25) is 0 Å². The molecule has 4 aromatic rings. The van der Waals surface area contributed by atoms with Crippen LogP contribution in [-0.4, -0.2) is 51.6 Å². The van der Waals surface area contributed by atoms with Crippen LogP contribution < -0.4 is 10.5 Å². The van der Waals surface area contributed by atoms with Gasteiger partial charge in [0.15, 0.2) is 0 Å². The van der Waals surface area contributed by atoms with Gasteiger partial charge in [-0.3, -0.25) is 9.59 Å². The zero-order chi connectivity index (χ0) is 20.7. The molecule has 1 amide bonds. The summed E-state index contributed by atoms with van der Waals surface area (Å²) in [5.74, 6) is 0.709. The van der Waals surface area contributed by atoms with Gasteiger partial charge in [-0.15, -0.1) is 11.3 Å². The summed E-state index contributed by atoms with van der Waals surface area (Å²) in [5.41, 5.74) is 1.95. The third kappa shape index (κ3) is 3.50. The van der Waals surface area contributed by atoms with Crippen LogP contribution in [-0.2, 0) is 0 Å². The van der Waals surface area contributed by atoms with Crippen molar-refractivity contribution < 1.29 is 4.79 Å². The van der Waals surface area contributed by atoms with E-state index in [4.69, 9.17) is 0 Å². The Morgan fingerprint density at radius 3 is 2.53 bits per heavy atom. The Bertz CT molecular complexity index is 1250. The number of hydrogen-bond acceptors (Lipinski definition) is 7. The quantitative estimate of drug-likeness (QED) is 0.492. The number of thiophene rings is 1. The third-order valence-corrected chi connectivity index (χ3v) is 6.97. The summed E-state index contributed by atoms with van der Waals surface area (Å²) < 4.78 is 1.36. The first-order valence-electron chi connectivity index (χ1n) is 9.64. The van der Waals surface area contributed by atoms with Crippen molar-refractivity contribution in [1.82, 2.24) is 19.5 Å². The monoisotopic (exact) mass is 437 g/mol. The second-order valence-corrected chi connectivity index (χ2v) is 9.08. The van der Waals surface area contributed by atoms with Crippen molar-refractivity contribution in [2.45, 2.75) is 6.92 Å². The number of aryl methyl sites for hydroxylation is 1. The van der Waals surface area contributed by atoms with E-state index in [0.717, 1.165) is 15.4 Å². The molecule has 0 radical (unpaired) electrons. The van der Waals surface area contributed by atoms with Crippen LogP contribution in [0.25, 0.3) is 15.5 Å². The lowest BCUT2D eigenvalue weighted by atomic mass is 10.2. The van der Waals surface area contributed by atoms with Gasteiger partial charge in [0.25, 0.3) is 11.5 Å². The van der Waals surface area contributed by atoms with Crippen molar-refractivity contribution >= 4 is 39.4 Å². The van der Waals surface area contributed by atoms with E-state index in [-0.39, 0.29) is 11.5 Å². The number of aromatic nitrogens is 3. The van der Waals surface area contributed by atoms with Gasteiger partial charge in [-0.05, 0) is 18.4 Å². The van der Waals surface area contributed by atoms with Crippen LogP contribution in [0.5, 0.6) is 0 Å². The van der Waals surface area contributed by atoms with E-state index < -0.39 is 0 Å². The normalized spacial score (nSPS) is 14.4. The summed E-state index contributed by atoms with van der Waals surface area (Å²) in [4.78, 5) is 35.1. The molecule has 1 fully saturated rings. The average Bonchev–Trinajstić information content (AvgIpc) is 3.44. The minimum Gasteiger partial charge on any atom is -0.353 e. The lowest BCUT2D eigenvalue weighted by Crippen LogP contribution is -2.49. The summed E-state index contributed by atoms with van der Waals surface area (Å²) in [6.45, 7) is 4.53. The number of rotatable bonds is 3. The number of carbonyl (C=O) groups is 1. The van der Waals surface area contributed by atoms with E-state index in [2.05, 4.69) is 15.0 Å². The average molecular weight is 438 g/mol. The first-order chi connectivity index (χ1) is 14.6. The lowest BCUT2D eigenvalue weighted by Gasteiger charge is -2.35. The molecular weight excluding hydrogens is 418 g/mol. The SMILES string of the molecule is Cc1ccc(-c2nn3c(=O)cc(N4CCN(C(=O)c5cccs5)CC4)nc3s2)cc1. The van der Waals surface area contributed by atoms with Gasteiger partial charge in [0, 0.05) is 37.8 Å². The number of piperazine rings is 1. The molecule has 4 heterocycles. The molecular formula is C21H19N5O2S2. The predicted octanol–water partition coefficient (Wildman–Crippen LogP) is 3.15. The maximum Gasteiger partial charge on any atom is 0.277 e. The molecule has 0 N–H and O–H groups in total. The summed E-state index contributed by atoms with van der Waals surface area (Å²) >= 11 is 2.86. The fourth-order valence-corrected chi connectivity index (χ4v) is 5.07. The molecule has 0 unspecified atom stereocenters. The molecule has 3 aromatic heterocycles. The van der Waals surface area contributed by atoms with E-state index in [0.29, 0.717) is 37.0 Å². The molecule has 7 nitrogen and oxygen atoms in total. The minimum absolute atomic E-state index is 0.0679. The molecule has 9 heteroatoms. The van der Waals surface area contributed by atoms with Gasteiger partial charge < -0.3 is 9.80 Å². The summed E-state index contributed by atoms with van der Waals surface area (Å²) in [6, 6.07) is 13.3. The van der Waals surface area contributed by atoms with Gasteiger partial charge in [-0.2, -0.15) is 9.61 Å². The molecule has 1 saturated heterocycles. The zero-order valence-corrected chi connectivity index (χ0v) is 17.9. The predicted molar refractivity (Wildman–Crippen MR) is 120 cm³/mol. The first kappa shape index (κ1) is 19.0. The second kappa shape index (κ2) is 7.66. The maximum absolute atomic E-state index is 12.6. The Balaban J connectivity index is 1.37. The molecule has 1 aromatic carbocycles. The highest BCUT2D eigenvalue weighted by atomic mass is 32.1. The fourth-order valence-electron chi connectivity index (χ4n) is 3.47. The van der Waals surface area contributed by atoms with Gasteiger partial charge in [0.1, 0.15) is 10.8 Å². The molecule has 0 spiro atoms. The number of anilines is 1. The molecule has 1 aliphatic rings. The number of benzene rings is 1. The Labute approximate surface area is 180 Å². The van der Waals surface area contributed by atoms with E-state index in [1.807, 2.05) is 53.6 Å². The molecule has 5 rings (SSSR count). The largest absolute Gasteiger partial charge is 0.353 e. The smallest absolute Gasteiger partial charge is 0.277 e. The van der Waals surface area contributed by atoms with Crippen LogP contribution in [0.15, 0.2) is 52.6 Å². The van der Waals surface area contributed by atoms with Crippen LogP contribution in [0.3, 0.4) is 0 Å². The van der Waals surface area contributed by atoms with Crippen LogP contribution in [0.1, 0.15) is 15.2 Å². The number of nitrogens with zero attached hydrogens (tertiary/aromatic N) is 5. The topological polar surface area (TPSA) is 70.8 Å². The molecule has 0 aliphatic carbocycles. The molecule has 0 atom stereocenters. The van der Waals surface area contributed by atoms with Crippen LogP contribution in [0.4, 0.5) is 5.82 Å². The first-order valence-corrected chi connectivity index (χ1v) is 11.3. The van der Waals surface area contributed by atoms with E-state index in [1.165, 1.54) is 38.8 Å². The van der Waals surface area contributed by atoms with Crippen LogP contribution in [0, 0.1) is 6.92 Å². The number of carbonyl (C=O) groups excluding carboxylic acids is 1. The second-order valence-electron chi connectivity index (χ2n) is 7.18. The summed E-state index contributed by atoms with van der Waals surface area (Å²) in [6.07, 6.45) is 0. The Kier molecular flexibility index (Phi) is 4.84. The lowest BCUT2D eigenvalue weighted by molar-refractivity contribution is 0.0751. The maximum atomic E-state index is 12.6. The highest BCUT2D eigenvalue weighted by Gasteiger charge is 2.24. The van der Waals surface area contributed by atoms with E-state index in [1.54, 1.807) is 0 Å². The van der Waals surface area contributed by atoms with Gasteiger partial charge in [0.05, 0.1) is 4.88 Å². The van der Waals surface area contributed by atoms with Gasteiger partial charge in [0.2, 0.25) is 4.96 Å². The van der Waals surface area contributed by atoms with Crippen LogP contribution >= 0.6 is 22.7 Å².